The lowest BCUT2D eigenvalue weighted by Crippen LogP contribution is -2.36. The first-order chi connectivity index (χ1) is 14.7. The molecule has 2 aromatic rings. The predicted octanol–water partition coefficient (Wildman–Crippen LogP) is 4.79. The summed E-state index contributed by atoms with van der Waals surface area (Å²) < 4.78 is 39.7. The number of benzene rings is 2. The zero-order valence-corrected chi connectivity index (χ0v) is 17.7. The molecule has 0 radical (unpaired) electrons. The summed E-state index contributed by atoms with van der Waals surface area (Å²) in [5, 5.41) is 2.88. The molecule has 2 amide bonds. The van der Waals surface area contributed by atoms with Crippen molar-refractivity contribution in [3.05, 3.63) is 70.8 Å². The van der Waals surface area contributed by atoms with Crippen molar-refractivity contribution in [3.8, 4) is 0 Å². The minimum Gasteiger partial charge on any atom is -0.356 e. The number of alkyl halides is 3. The van der Waals surface area contributed by atoms with Crippen LogP contribution in [-0.4, -0.2) is 36.3 Å². The summed E-state index contributed by atoms with van der Waals surface area (Å²) in [6.07, 6.45) is -2.73. The van der Waals surface area contributed by atoms with Crippen molar-refractivity contribution in [1.29, 1.82) is 0 Å². The first-order valence-corrected chi connectivity index (χ1v) is 10.5. The zero-order chi connectivity index (χ0) is 22.6. The molecule has 0 aromatic heterocycles. The Balaban J connectivity index is 1.88. The average molecular weight is 432 g/mol. The molecule has 2 atom stereocenters. The lowest BCUT2D eigenvalue weighted by molar-refractivity contribution is -0.137. The quantitative estimate of drug-likeness (QED) is 0.668. The van der Waals surface area contributed by atoms with Crippen molar-refractivity contribution in [2.45, 2.75) is 38.8 Å². The molecule has 1 aliphatic heterocycles. The third-order valence-corrected chi connectivity index (χ3v) is 5.71. The molecular weight excluding hydrogens is 405 g/mol. The molecule has 1 saturated heterocycles. The minimum atomic E-state index is -4.47. The topological polar surface area (TPSA) is 49.4 Å². The highest BCUT2D eigenvalue weighted by Gasteiger charge is 2.41. The van der Waals surface area contributed by atoms with Crippen LogP contribution in [0.4, 0.5) is 13.2 Å². The number of aryl methyl sites for hydroxylation is 1. The Bertz CT molecular complexity index is 925. The standard InChI is InChI=1S/C24H27F3N2O2/c1-3-4-12-28-22(30)21-15-29(23(31)17-10-8-16(2)9-11-17)14-20(21)18-6-5-7-19(13-18)24(25,26)27/h5-11,13,20-21H,3-4,12,14-15H2,1-2H3,(H,28,30)/t20-,21+/m0/s1. The van der Waals surface area contributed by atoms with Gasteiger partial charge in [0.05, 0.1) is 11.5 Å². The van der Waals surface area contributed by atoms with E-state index in [-0.39, 0.29) is 24.9 Å². The molecule has 1 heterocycles. The first-order valence-electron chi connectivity index (χ1n) is 10.5. The van der Waals surface area contributed by atoms with E-state index in [1.165, 1.54) is 6.07 Å². The Kier molecular flexibility index (Phi) is 7.03. The molecule has 0 spiro atoms. The van der Waals surface area contributed by atoms with Gasteiger partial charge in [0, 0.05) is 31.1 Å². The van der Waals surface area contributed by atoms with E-state index in [2.05, 4.69) is 5.32 Å². The van der Waals surface area contributed by atoms with Crippen molar-refractivity contribution >= 4 is 11.8 Å². The van der Waals surface area contributed by atoms with Gasteiger partial charge in [0.15, 0.2) is 0 Å². The van der Waals surface area contributed by atoms with Gasteiger partial charge in [0.1, 0.15) is 0 Å². The van der Waals surface area contributed by atoms with Gasteiger partial charge in [-0.05, 0) is 37.1 Å². The average Bonchev–Trinajstić information content (AvgIpc) is 3.19. The fourth-order valence-corrected chi connectivity index (χ4v) is 3.92. The number of amides is 2. The summed E-state index contributed by atoms with van der Waals surface area (Å²) in [6, 6.07) is 12.2. The maximum absolute atomic E-state index is 13.2. The zero-order valence-electron chi connectivity index (χ0n) is 17.7. The third kappa shape index (κ3) is 5.46. The van der Waals surface area contributed by atoms with Crippen molar-refractivity contribution in [2.75, 3.05) is 19.6 Å². The molecule has 1 N–H and O–H groups in total. The summed E-state index contributed by atoms with van der Waals surface area (Å²) in [5.74, 6) is -1.55. The maximum Gasteiger partial charge on any atom is 0.416 e. The molecule has 7 heteroatoms. The van der Waals surface area contributed by atoms with Crippen LogP contribution in [0.2, 0.25) is 0 Å². The van der Waals surface area contributed by atoms with Crippen LogP contribution in [0.3, 0.4) is 0 Å². The number of carbonyl (C=O) groups is 2. The van der Waals surface area contributed by atoms with Gasteiger partial charge >= 0.3 is 6.18 Å². The van der Waals surface area contributed by atoms with Crippen LogP contribution < -0.4 is 5.32 Å². The fraction of sp³-hybridized carbons (Fsp3) is 0.417. The van der Waals surface area contributed by atoms with Crippen LogP contribution in [-0.2, 0) is 11.0 Å². The maximum atomic E-state index is 13.2. The van der Waals surface area contributed by atoms with E-state index in [0.29, 0.717) is 17.7 Å². The van der Waals surface area contributed by atoms with Gasteiger partial charge in [-0.2, -0.15) is 13.2 Å². The number of nitrogens with one attached hydrogen (secondary N) is 1. The molecule has 1 fully saturated rings. The van der Waals surface area contributed by atoms with Gasteiger partial charge in [-0.15, -0.1) is 0 Å². The van der Waals surface area contributed by atoms with E-state index < -0.39 is 23.6 Å². The van der Waals surface area contributed by atoms with Crippen molar-refractivity contribution in [3.63, 3.8) is 0 Å². The van der Waals surface area contributed by atoms with Gasteiger partial charge in [-0.1, -0.05) is 49.2 Å². The molecule has 3 rings (SSSR count). The summed E-state index contributed by atoms with van der Waals surface area (Å²) in [7, 11) is 0. The highest BCUT2D eigenvalue weighted by Crippen LogP contribution is 2.37. The van der Waals surface area contributed by atoms with Crippen molar-refractivity contribution < 1.29 is 22.8 Å². The number of hydrogen-bond acceptors (Lipinski definition) is 2. The highest BCUT2D eigenvalue weighted by atomic mass is 19.4. The van der Waals surface area contributed by atoms with Crippen molar-refractivity contribution in [2.24, 2.45) is 5.92 Å². The number of unbranched alkanes of at least 4 members (excludes halogenated alkanes) is 1. The van der Waals surface area contributed by atoms with Crippen LogP contribution in [0.5, 0.6) is 0 Å². The molecule has 2 aromatic carbocycles. The Labute approximate surface area is 180 Å². The van der Waals surface area contributed by atoms with Crippen molar-refractivity contribution in [1.82, 2.24) is 10.2 Å². The molecule has 31 heavy (non-hydrogen) atoms. The van der Waals surface area contributed by atoms with Gasteiger partial charge in [-0.3, -0.25) is 9.59 Å². The number of rotatable bonds is 6. The van der Waals surface area contributed by atoms with Gasteiger partial charge in [-0.25, -0.2) is 0 Å². The molecule has 0 saturated carbocycles. The smallest absolute Gasteiger partial charge is 0.356 e. The van der Waals surface area contributed by atoms with Gasteiger partial charge in [0.25, 0.3) is 5.91 Å². The summed E-state index contributed by atoms with van der Waals surface area (Å²) in [6.45, 7) is 4.80. The highest BCUT2D eigenvalue weighted by molar-refractivity contribution is 5.95. The van der Waals surface area contributed by atoms with Crippen LogP contribution >= 0.6 is 0 Å². The van der Waals surface area contributed by atoms with E-state index >= 15 is 0 Å². The summed E-state index contributed by atoms with van der Waals surface area (Å²) in [5.41, 5.74) is 1.19. The third-order valence-electron chi connectivity index (χ3n) is 5.71. The molecule has 166 valence electrons. The Morgan fingerprint density at radius 2 is 1.81 bits per heavy atom. The lowest BCUT2D eigenvalue weighted by Gasteiger charge is -2.19. The van der Waals surface area contributed by atoms with Crippen LogP contribution in [0.15, 0.2) is 48.5 Å². The Hall–Kier alpha value is -2.83. The van der Waals surface area contributed by atoms with E-state index in [9.17, 15) is 22.8 Å². The first kappa shape index (κ1) is 22.8. The number of halogens is 3. The number of likely N-dealkylation sites (tertiary alicyclic amines) is 1. The van der Waals surface area contributed by atoms with E-state index in [4.69, 9.17) is 0 Å². The second-order valence-corrected chi connectivity index (χ2v) is 8.06. The van der Waals surface area contributed by atoms with Gasteiger partial charge < -0.3 is 10.2 Å². The Morgan fingerprint density at radius 3 is 2.45 bits per heavy atom. The molecule has 0 aliphatic carbocycles. The van der Waals surface area contributed by atoms with E-state index in [1.54, 1.807) is 23.1 Å². The SMILES string of the molecule is CCCCNC(=O)[C@@H]1CN(C(=O)c2ccc(C)cc2)C[C@H]1c1cccc(C(F)(F)F)c1. The second-order valence-electron chi connectivity index (χ2n) is 8.06. The monoisotopic (exact) mass is 432 g/mol. The van der Waals surface area contributed by atoms with Gasteiger partial charge in [0.2, 0.25) is 5.91 Å². The van der Waals surface area contributed by atoms with Crippen LogP contribution in [0.25, 0.3) is 0 Å². The van der Waals surface area contributed by atoms with Crippen LogP contribution in [0, 0.1) is 12.8 Å². The normalized spacial score (nSPS) is 18.8. The predicted molar refractivity (Wildman–Crippen MR) is 113 cm³/mol. The molecule has 4 nitrogen and oxygen atoms in total. The molecule has 1 aliphatic rings. The fourth-order valence-electron chi connectivity index (χ4n) is 3.92. The Morgan fingerprint density at radius 1 is 1.10 bits per heavy atom. The summed E-state index contributed by atoms with van der Waals surface area (Å²) in [4.78, 5) is 27.4. The molecule has 0 unspecified atom stereocenters. The number of hydrogen-bond donors (Lipinski definition) is 1. The second kappa shape index (κ2) is 9.54. The minimum absolute atomic E-state index is 0.172. The number of nitrogens with zero attached hydrogens (tertiary/aromatic N) is 1. The van der Waals surface area contributed by atoms with Crippen LogP contribution in [0.1, 0.15) is 52.7 Å². The van der Waals surface area contributed by atoms with E-state index in [1.807, 2.05) is 26.0 Å². The molecule has 0 bridgehead atoms. The van der Waals surface area contributed by atoms with E-state index in [0.717, 1.165) is 30.5 Å². The number of carbonyl (C=O) groups excluding carboxylic acids is 2. The summed E-state index contributed by atoms with van der Waals surface area (Å²) >= 11 is 0. The lowest BCUT2D eigenvalue weighted by atomic mass is 9.87. The largest absolute Gasteiger partial charge is 0.416 e. The molecular formula is C24H27F3N2O2.